The van der Waals surface area contributed by atoms with Gasteiger partial charge < -0.3 is 10.2 Å². The fraction of sp³-hybridized carbons (Fsp3) is 0.929. The van der Waals surface area contributed by atoms with Crippen LogP contribution in [0.5, 0.6) is 0 Å². The quantitative estimate of drug-likeness (QED) is 0.773. The van der Waals surface area contributed by atoms with Gasteiger partial charge in [0, 0.05) is 12.6 Å². The molecule has 2 atom stereocenters. The highest BCUT2D eigenvalue weighted by Crippen LogP contribution is 2.18. The Balaban J connectivity index is 2.48. The molecular formula is C14H28N2O. The Morgan fingerprint density at radius 1 is 1.35 bits per heavy atom. The Bertz CT molecular complexity index is 238. The van der Waals surface area contributed by atoms with Gasteiger partial charge in [-0.3, -0.25) is 4.79 Å². The van der Waals surface area contributed by atoms with Gasteiger partial charge in [-0.15, -0.1) is 0 Å². The van der Waals surface area contributed by atoms with Crippen LogP contribution in [0.2, 0.25) is 0 Å². The van der Waals surface area contributed by atoms with Gasteiger partial charge >= 0.3 is 0 Å². The molecule has 0 aromatic carbocycles. The first-order valence-corrected chi connectivity index (χ1v) is 7.10. The van der Waals surface area contributed by atoms with Crippen molar-refractivity contribution in [3.8, 4) is 0 Å². The lowest BCUT2D eigenvalue weighted by atomic mass is 9.99. The molecule has 0 aromatic heterocycles. The molecule has 1 amide bonds. The van der Waals surface area contributed by atoms with Crippen LogP contribution in [0.1, 0.15) is 53.4 Å². The largest absolute Gasteiger partial charge is 0.339 e. The lowest BCUT2D eigenvalue weighted by Gasteiger charge is -2.37. The number of rotatable bonds is 6. The van der Waals surface area contributed by atoms with Gasteiger partial charge in [0.25, 0.3) is 0 Å². The number of nitrogens with one attached hydrogen (secondary N) is 1. The number of likely N-dealkylation sites (tertiary alicyclic amines) is 1. The van der Waals surface area contributed by atoms with E-state index in [0.29, 0.717) is 11.9 Å². The summed E-state index contributed by atoms with van der Waals surface area (Å²) in [7, 11) is 0. The molecule has 17 heavy (non-hydrogen) atoms. The third-order valence-corrected chi connectivity index (χ3v) is 3.62. The predicted molar refractivity (Wildman–Crippen MR) is 71.9 cm³/mol. The van der Waals surface area contributed by atoms with Crippen molar-refractivity contribution in [2.75, 3.05) is 13.1 Å². The van der Waals surface area contributed by atoms with Gasteiger partial charge in [0.2, 0.25) is 5.91 Å². The van der Waals surface area contributed by atoms with E-state index in [0.717, 1.165) is 38.3 Å². The molecule has 100 valence electrons. The Hall–Kier alpha value is -0.570. The van der Waals surface area contributed by atoms with E-state index in [1.165, 1.54) is 6.42 Å². The summed E-state index contributed by atoms with van der Waals surface area (Å²) in [6.45, 7) is 10.6. The maximum Gasteiger partial charge on any atom is 0.239 e. The molecule has 1 fully saturated rings. The highest BCUT2D eigenvalue weighted by molar-refractivity contribution is 5.82. The van der Waals surface area contributed by atoms with E-state index in [1.54, 1.807) is 0 Å². The zero-order valence-corrected chi connectivity index (χ0v) is 11.8. The van der Waals surface area contributed by atoms with Crippen LogP contribution in [-0.4, -0.2) is 36.0 Å². The third-order valence-electron chi connectivity index (χ3n) is 3.62. The molecule has 1 rings (SSSR count). The van der Waals surface area contributed by atoms with Crippen LogP contribution >= 0.6 is 0 Å². The number of likely N-dealkylation sites (N-methyl/N-ethyl adjacent to an activating group) is 1. The maximum absolute atomic E-state index is 12.3. The van der Waals surface area contributed by atoms with E-state index >= 15 is 0 Å². The van der Waals surface area contributed by atoms with Crippen molar-refractivity contribution in [2.24, 2.45) is 5.92 Å². The van der Waals surface area contributed by atoms with Crippen LogP contribution in [0.4, 0.5) is 0 Å². The zero-order valence-electron chi connectivity index (χ0n) is 11.8. The lowest BCUT2D eigenvalue weighted by molar-refractivity contribution is -0.138. The summed E-state index contributed by atoms with van der Waals surface area (Å²) in [6.07, 6.45) is 4.47. The molecule has 2 unspecified atom stereocenters. The van der Waals surface area contributed by atoms with E-state index in [-0.39, 0.29) is 6.04 Å². The van der Waals surface area contributed by atoms with Gasteiger partial charge in [0.1, 0.15) is 0 Å². The molecular weight excluding hydrogens is 212 g/mol. The minimum absolute atomic E-state index is 0.0650. The summed E-state index contributed by atoms with van der Waals surface area (Å²) in [5, 5.41) is 3.29. The molecule has 0 saturated carbocycles. The van der Waals surface area contributed by atoms with Gasteiger partial charge in [-0.05, 0) is 45.1 Å². The molecule has 0 radical (unpaired) electrons. The molecule has 3 nitrogen and oxygen atoms in total. The smallest absolute Gasteiger partial charge is 0.239 e. The molecule has 1 heterocycles. The molecule has 1 N–H and O–H groups in total. The average molecular weight is 240 g/mol. The Labute approximate surface area is 106 Å². The van der Waals surface area contributed by atoms with E-state index in [2.05, 4.69) is 37.9 Å². The first kappa shape index (κ1) is 14.5. The molecule has 0 spiro atoms. The van der Waals surface area contributed by atoms with Gasteiger partial charge in [-0.1, -0.05) is 20.8 Å². The maximum atomic E-state index is 12.3. The van der Waals surface area contributed by atoms with Crippen molar-refractivity contribution in [3.05, 3.63) is 0 Å². The number of amides is 1. The monoisotopic (exact) mass is 240 g/mol. The minimum atomic E-state index is 0.0650. The van der Waals surface area contributed by atoms with Crippen LogP contribution in [0, 0.1) is 5.92 Å². The Kier molecular flexibility index (Phi) is 5.96. The topological polar surface area (TPSA) is 32.3 Å². The lowest BCUT2D eigenvalue weighted by Crippen LogP contribution is -2.53. The van der Waals surface area contributed by atoms with Crippen LogP contribution in [-0.2, 0) is 4.79 Å². The molecule has 1 saturated heterocycles. The van der Waals surface area contributed by atoms with Gasteiger partial charge in [0.15, 0.2) is 0 Å². The second kappa shape index (κ2) is 7.00. The number of hydrogen-bond acceptors (Lipinski definition) is 2. The van der Waals surface area contributed by atoms with Gasteiger partial charge in [0.05, 0.1) is 6.04 Å². The highest BCUT2D eigenvalue weighted by atomic mass is 16.2. The first-order valence-electron chi connectivity index (χ1n) is 7.10. The number of nitrogens with zero attached hydrogens (tertiary/aromatic N) is 1. The average Bonchev–Trinajstić information content (AvgIpc) is 2.29. The zero-order chi connectivity index (χ0) is 12.8. The van der Waals surface area contributed by atoms with Crippen molar-refractivity contribution in [1.82, 2.24) is 10.2 Å². The van der Waals surface area contributed by atoms with E-state index in [4.69, 9.17) is 0 Å². The van der Waals surface area contributed by atoms with Crippen molar-refractivity contribution < 1.29 is 4.79 Å². The number of carbonyl (C=O) groups excluding carboxylic acids is 1. The third kappa shape index (κ3) is 4.30. The van der Waals surface area contributed by atoms with Crippen molar-refractivity contribution in [1.29, 1.82) is 0 Å². The minimum Gasteiger partial charge on any atom is -0.339 e. The summed E-state index contributed by atoms with van der Waals surface area (Å²) in [5.74, 6) is 1.04. The normalized spacial score (nSPS) is 23.2. The van der Waals surface area contributed by atoms with Crippen molar-refractivity contribution >= 4 is 5.91 Å². The summed E-state index contributed by atoms with van der Waals surface area (Å²) in [4.78, 5) is 14.3. The highest BCUT2D eigenvalue weighted by Gasteiger charge is 2.30. The molecule has 1 aliphatic heterocycles. The van der Waals surface area contributed by atoms with Crippen molar-refractivity contribution in [3.63, 3.8) is 0 Å². The molecule has 3 heteroatoms. The fourth-order valence-electron chi connectivity index (χ4n) is 2.50. The Morgan fingerprint density at radius 3 is 2.65 bits per heavy atom. The molecule has 0 aromatic rings. The van der Waals surface area contributed by atoms with E-state index in [9.17, 15) is 4.79 Å². The number of carbonyl (C=O) groups is 1. The molecule has 1 aliphatic rings. The second-order valence-electron chi connectivity index (χ2n) is 5.60. The molecule has 0 bridgehead atoms. The summed E-state index contributed by atoms with van der Waals surface area (Å²) in [6, 6.07) is 0.460. The summed E-state index contributed by atoms with van der Waals surface area (Å²) >= 11 is 0. The number of hydrogen-bond donors (Lipinski definition) is 1. The number of piperidine rings is 1. The van der Waals surface area contributed by atoms with E-state index < -0.39 is 0 Å². The second-order valence-corrected chi connectivity index (χ2v) is 5.60. The predicted octanol–water partition coefficient (Wildman–Crippen LogP) is 2.41. The van der Waals surface area contributed by atoms with Crippen LogP contribution < -0.4 is 5.32 Å². The van der Waals surface area contributed by atoms with Crippen LogP contribution in [0.15, 0.2) is 0 Å². The summed E-state index contributed by atoms with van der Waals surface area (Å²) in [5.41, 5.74) is 0. The van der Waals surface area contributed by atoms with E-state index in [1.807, 2.05) is 0 Å². The van der Waals surface area contributed by atoms with Crippen LogP contribution in [0.25, 0.3) is 0 Å². The standard InChI is InChI=1S/C14H28N2O/c1-5-15-13-7-6-10-16(14(13)17)12(4)9-8-11(2)3/h11-13,15H,5-10H2,1-4H3. The van der Waals surface area contributed by atoms with Gasteiger partial charge in [-0.2, -0.15) is 0 Å². The van der Waals surface area contributed by atoms with Crippen molar-refractivity contribution in [2.45, 2.75) is 65.5 Å². The van der Waals surface area contributed by atoms with Crippen LogP contribution in [0.3, 0.4) is 0 Å². The first-order chi connectivity index (χ1) is 8.06. The van der Waals surface area contributed by atoms with Gasteiger partial charge in [-0.25, -0.2) is 0 Å². The molecule has 0 aliphatic carbocycles. The summed E-state index contributed by atoms with van der Waals surface area (Å²) < 4.78 is 0. The fourth-order valence-corrected chi connectivity index (χ4v) is 2.50. The SMILES string of the molecule is CCNC1CCCN(C(C)CCC(C)C)C1=O. The Morgan fingerprint density at radius 2 is 2.06 bits per heavy atom.